The van der Waals surface area contributed by atoms with E-state index < -0.39 is 23.7 Å². The standard InChI is InChI=1S/C21H21F5N4O2/c22-20(23)4-1-12(2-5-20)7-16-18(21(24,25)26)29-17-9-13(8-15(10-27)30(16)17)19(31)28-14-3-6-32-11-14/h8-9,12,14H,1-7,11H2,(H,28,31). The lowest BCUT2D eigenvalue weighted by molar-refractivity contribution is -0.141. The van der Waals surface area contributed by atoms with Gasteiger partial charge in [-0.3, -0.25) is 9.20 Å². The van der Waals surface area contributed by atoms with Gasteiger partial charge in [-0.2, -0.15) is 18.4 Å². The van der Waals surface area contributed by atoms with Crippen molar-refractivity contribution in [2.75, 3.05) is 13.2 Å². The molecule has 1 saturated heterocycles. The maximum Gasteiger partial charge on any atom is 0.435 e. The van der Waals surface area contributed by atoms with Crippen molar-refractivity contribution in [1.29, 1.82) is 5.26 Å². The third kappa shape index (κ3) is 4.55. The number of alkyl halides is 5. The van der Waals surface area contributed by atoms with E-state index in [9.17, 15) is 32.0 Å². The summed E-state index contributed by atoms with van der Waals surface area (Å²) in [6.45, 7) is 0.838. The van der Waals surface area contributed by atoms with Gasteiger partial charge in [0.1, 0.15) is 17.4 Å². The van der Waals surface area contributed by atoms with E-state index in [2.05, 4.69) is 10.3 Å². The number of carbonyl (C=O) groups excluding carboxylic acids is 1. The molecule has 2 fully saturated rings. The minimum atomic E-state index is -4.80. The Labute approximate surface area is 180 Å². The van der Waals surface area contributed by atoms with Crippen molar-refractivity contribution in [3.8, 4) is 6.07 Å². The van der Waals surface area contributed by atoms with Gasteiger partial charge in [0.25, 0.3) is 5.91 Å². The van der Waals surface area contributed by atoms with Crippen molar-refractivity contribution in [2.24, 2.45) is 5.92 Å². The topological polar surface area (TPSA) is 79.4 Å². The third-order valence-corrected chi connectivity index (χ3v) is 6.05. The van der Waals surface area contributed by atoms with Gasteiger partial charge in [0.2, 0.25) is 5.92 Å². The first-order valence-electron chi connectivity index (χ1n) is 10.4. The van der Waals surface area contributed by atoms with Gasteiger partial charge in [0.05, 0.1) is 18.3 Å². The van der Waals surface area contributed by atoms with Gasteiger partial charge in [-0.25, -0.2) is 13.8 Å². The van der Waals surface area contributed by atoms with Crippen molar-refractivity contribution in [2.45, 2.75) is 56.7 Å². The van der Waals surface area contributed by atoms with Crippen molar-refractivity contribution in [3.05, 3.63) is 34.8 Å². The molecule has 0 spiro atoms. The molecular weight excluding hydrogens is 435 g/mol. The normalized spacial score (nSPS) is 21.6. The van der Waals surface area contributed by atoms with Crippen LogP contribution < -0.4 is 5.32 Å². The molecule has 1 atom stereocenters. The van der Waals surface area contributed by atoms with E-state index in [-0.39, 0.29) is 66.7 Å². The first-order valence-corrected chi connectivity index (χ1v) is 10.4. The Kier molecular flexibility index (Phi) is 5.83. The summed E-state index contributed by atoms with van der Waals surface area (Å²) in [7, 11) is 0. The van der Waals surface area contributed by atoms with E-state index in [1.54, 1.807) is 0 Å². The predicted molar refractivity (Wildman–Crippen MR) is 102 cm³/mol. The number of nitrogens with one attached hydrogen (secondary N) is 1. The molecule has 0 bridgehead atoms. The minimum Gasteiger partial charge on any atom is -0.379 e. The number of hydrogen-bond donors (Lipinski definition) is 1. The van der Waals surface area contributed by atoms with Gasteiger partial charge in [-0.05, 0) is 43.7 Å². The predicted octanol–water partition coefficient (Wildman–Crippen LogP) is 4.11. The molecule has 0 aromatic carbocycles. The van der Waals surface area contributed by atoms with Gasteiger partial charge >= 0.3 is 6.18 Å². The molecule has 1 N–H and O–H groups in total. The Morgan fingerprint density at radius 3 is 2.59 bits per heavy atom. The second-order valence-electron chi connectivity index (χ2n) is 8.38. The van der Waals surface area contributed by atoms with Crippen molar-refractivity contribution < 1.29 is 31.5 Å². The van der Waals surface area contributed by atoms with E-state index in [0.29, 0.717) is 19.6 Å². The molecule has 1 saturated carbocycles. The van der Waals surface area contributed by atoms with Crippen molar-refractivity contribution >= 4 is 11.6 Å². The zero-order valence-electron chi connectivity index (χ0n) is 17.0. The van der Waals surface area contributed by atoms with Crippen molar-refractivity contribution in [3.63, 3.8) is 0 Å². The van der Waals surface area contributed by atoms with Crippen LogP contribution in [0.3, 0.4) is 0 Å². The van der Waals surface area contributed by atoms with Crippen LogP contribution in [0.2, 0.25) is 0 Å². The number of hydrogen-bond acceptors (Lipinski definition) is 4. The zero-order valence-corrected chi connectivity index (χ0v) is 17.0. The third-order valence-electron chi connectivity index (χ3n) is 6.05. The molecule has 1 amide bonds. The average molecular weight is 456 g/mol. The molecule has 172 valence electrons. The minimum absolute atomic E-state index is 0.0172. The Hall–Kier alpha value is -2.74. The van der Waals surface area contributed by atoms with Gasteiger partial charge in [0.15, 0.2) is 5.69 Å². The molecule has 1 unspecified atom stereocenters. The fraction of sp³-hybridized carbons (Fsp3) is 0.571. The highest BCUT2D eigenvalue weighted by atomic mass is 19.4. The highest BCUT2D eigenvalue weighted by Crippen LogP contribution is 2.40. The summed E-state index contributed by atoms with van der Waals surface area (Å²) in [6, 6.07) is 4.06. The van der Waals surface area contributed by atoms with Crippen LogP contribution in [0.5, 0.6) is 0 Å². The summed E-state index contributed by atoms with van der Waals surface area (Å²) in [4.78, 5) is 16.3. The Morgan fingerprint density at radius 2 is 2.00 bits per heavy atom. The van der Waals surface area contributed by atoms with E-state index in [4.69, 9.17) is 4.74 Å². The van der Waals surface area contributed by atoms with E-state index in [0.717, 1.165) is 4.40 Å². The maximum absolute atomic E-state index is 13.8. The molecule has 11 heteroatoms. The summed E-state index contributed by atoms with van der Waals surface area (Å²) >= 11 is 0. The number of amides is 1. The summed E-state index contributed by atoms with van der Waals surface area (Å²) in [5.41, 5.74) is -1.73. The highest BCUT2D eigenvalue weighted by Gasteiger charge is 2.41. The summed E-state index contributed by atoms with van der Waals surface area (Å²) in [5.74, 6) is -3.72. The SMILES string of the molecule is N#Cc1cc(C(=O)NC2CCOC2)cc2nc(C(F)(F)F)c(CC3CCC(F)(F)CC3)n12. The maximum atomic E-state index is 13.8. The molecule has 1 aliphatic carbocycles. The summed E-state index contributed by atoms with van der Waals surface area (Å²) < 4.78 is 74.5. The Morgan fingerprint density at radius 1 is 1.28 bits per heavy atom. The van der Waals surface area contributed by atoms with Crippen LogP contribution in [0, 0.1) is 17.2 Å². The summed E-state index contributed by atoms with van der Waals surface area (Å²) in [5, 5.41) is 12.3. The number of fused-ring (bicyclic) bond motifs is 1. The second kappa shape index (κ2) is 8.31. The van der Waals surface area contributed by atoms with Gasteiger partial charge in [-0.15, -0.1) is 0 Å². The van der Waals surface area contributed by atoms with Crippen molar-refractivity contribution in [1.82, 2.24) is 14.7 Å². The van der Waals surface area contributed by atoms with Crippen LogP contribution in [0.4, 0.5) is 22.0 Å². The Balaban J connectivity index is 1.72. The molecule has 2 aromatic heterocycles. The number of rotatable bonds is 4. The largest absolute Gasteiger partial charge is 0.435 e. The van der Waals surface area contributed by atoms with Gasteiger partial charge in [0, 0.05) is 25.0 Å². The first-order chi connectivity index (χ1) is 15.1. The summed E-state index contributed by atoms with van der Waals surface area (Å²) in [6.07, 6.45) is -4.90. The zero-order chi connectivity index (χ0) is 23.1. The van der Waals surface area contributed by atoms with Crippen LogP contribution in [0.25, 0.3) is 5.65 Å². The Bertz CT molecular complexity index is 1060. The van der Waals surface area contributed by atoms with E-state index in [1.165, 1.54) is 12.1 Å². The lowest BCUT2D eigenvalue weighted by atomic mass is 9.83. The molecule has 2 aromatic rings. The van der Waals surface area contributed by atoms with E-state index in [1.807, 2.05) is 6.07 Å². The van der Waals surface area contributed by atoms with Crippen LogP contribution in [0.15, 0.2) is 12.1 Å². The van der Waals surface area contributed by atoms with E-state index >= 15 is 0 Å². The number of halogens is 5. The van der Waals surface area contributed by atoms with Crippen LogP contribution in [0.1, 0.15) is 59.5 Å². The molecule has 1 aliphatic heterocycles. The number of imidazole rings is 1. The first kappa shape index (κ1) is 22.5. The monoisotopic (exact) mass is 456 g/mol. The average Bonchev–Trinajstić information content (AvgIpc) is 3.36. The quantitative estimate of drug-likeness (QED) is 0.703. The van der Waals surface area contributed by atoms with Crippen LogP contribution >= 0.6 is 0 Å². The number of carbonyl (C=O) groups is 1. The van der Waals surface area contributed by atoms with Gasteiger partial charge in [-0.1, -0.05) is 0 Å². The molecule has 4 rings (SSSR count). The molecule has 6 nitrogen and oxygen atoms in total. The fourth-order valence-electron chi connectivity index (χ4n) is 4.35. The molecule has 2 aliphatic rings. The number of nitriles is 1. The number of nitrogens with zero attached hydrogens (tertiary/aromatic N) is 3. The van der Waals surface area contributed by atoms with Crippen LogP contribution in [-0.4, -0.2) is 40.5 Å². The van der Waals surface area contributed by atoms with Crippen LogP contribution in [-0.2, 0) is 17.3 Å². The lowest BCUT2D eigenvalue weighted by Crippen LogP contribution is -2.35. The molecular formula is C21H21F5N4O2. The molecule has 3 heterocycles. The highest BCUT2D eigenvalue weighted by molar-refractivity contribution is 5.95. The lowest BCUT2D eigenvalue weighted by Gasteiger charge is -2.28. The molecule has 0 radical (unpaired) electrons. The van der Waals surface area contributed by atoms with Gasteiger partial charge < -0.3 is 10.1 Å². The second-order valence-corrected chi connectivity index (χ2v) is 8.38. The number of pyridine rings is 1. The number of ether oxygens (including phenoxy) is 1. The smallest absolute Gasteiger partial charge is 0.379 e. The fourth-order valence-corrected chi connectivity index (χ4v) is 4.35. The number of aromatic nitrogens is 2. The molecule has 32 heavy (non-hydrogen) atoms.